The number of hydrogen-bond donors (Lipinski definition) is 4. The molecule has 8 N–H and O–H groups in total. The monoisotopic (exact) mass is 606 g/mol. The summed E-state index contributed by atoms with van der Waals surface area (Å²) in [5.74, 6) is 1.28. The Kier molecular flexibility index (Phi) is 11.3. The molecule has 0 atom stereocenters. The first-order valence-electron chi connectivity index (χ1n) is 14.3. The largest absolute Gasteiger partial charge is 0.398 e. The van der Waals surface area contributed by atoms with Crippen molar-refractivity contribution in [2.75, 3.05) is 36.1 Å². The fourth-order valence-electron chi connectivity index (χ4n) is 4.65. The third-order valence-electron chi connectivity index (χ3n) is 7.06. The highest BCUT2D eigenvalue weighted by atomic mass is 32.2. The maximum Gasteiger partial charge on any atom is 0.167 e. The molecule has 0 radical (unpaired) electrons. The van der Waals surface area contributed by atoms with E-state index in [2.05, 4.69) is 53.7 Å². The van der Waals surface area contributed by atoms with E-state index in [4.69, 9.17) is 22.9 Å². The van der Waals surface area contributed by atoms with Gasteiger partial charge in [0.1, 0.15) is 0 Å². The number of thioether (sulfide) groups is 2. The quantitative estimate of drug-likeness (QED) is 0.106. The van der Waals surface area contributed by atoms with E-state index in [1.54, 1.807) is 47.8 Å². The van der Waals surface area contributed by atoms with Crippen LogP contribution >= 0.6 is 23.5 Å². The van der Waals surface area contributed by atoms with E-state index in [1.165, 1.54) is 0 Å². The zero-order valence-corrected chi connectivity index (χ0v) is 27.4. The standard InChI is InChI=1S/C34H46N4O2S2/c1-33(2,3)25-15-23(31(27(37)19-25)41-12-10-35)17-29(39)21-8-7-9-22(14-21)30(40)18-24-16-26(34(4,5)6)20-28(38)32(24)42-13-11-36/h7-9,14-16,19-20H,10-13,17-18,35-38H2,1-6H3. The van der Waals surface area contributed by atoms with Crippen molar-refractivity contribution in [3.05, 3.63) is 81.9 Å². The van der Waals surface area contributed by atoms with Crippen molar-refractivity contribution in [1.82, 2.24) is 0 Å². The Hall–Kier alpha value is -2.78. The average molecular weight is 607 g/mol. The number of nitrogen functional groups attached to an aromatic ring is 2. The second kappa shape index (κ2) is 14.1. The third kappa shape index (κ3) is 8.63. The second-order valence-corrected chi connectivity index (χ2v) is 14.9. The van der Waals surface area contributed by atoms with Crippen LogP contribution in [-0.2, 0) is 23.7 Å². The lowest BCUT2D eigenvalue weighted by atomic mass is 9.85. The molecule has 0 unspecified atom stereocenters. The fraction of sp³-hybridized carbons (Fsp3) is 0.412. The zero-order valence-electron chi connectivity index (χ0n) is 25.8. The molecule has 0 aliphatic carbocycles. The fourth-order valence-corrected chi connectivity index (χ4v) is 6.37. The molecule has 8 heteroatoms. The number of ketones is 2. The van der Waals surface area contributed by atoms with Crippen LogP contribution in [0.5, 0.6) is 0 Å². The van der Waals surface area contributed by atoms with Gasteiger partial charge in [-0.15, -0.1) is 23.5 Å². The molecule has 0 fully saturated rings. The number of benzene rings is 3. The van der Waals surface area contributed by atoms with Crippen LogP contribution in [0, 0.1) is 0 Å². The summed E-state index contributed by atoms with van der Waals surface area (Å²) in [5.41, 5.74) is 30.4. The molecule has 226 valence electrons. The lowest BCUT2D eigenvalue weighted by Gasteiger charge is -2.23. The number of anilines is 2. The molecule has 0 bridgehead atoms. The minimum Gasteiger partial charge on any atom is -0.398 e. The molecule has 0 amide bonds. The molecule has 0 aliphatic heterocycles. The normalized spacial score (nSPS) is 12.0. The van der Waals surface area contributed by atoms with Gasteiger partial charge in [0, 0.05) is 69.7 Å². The number of carbonyl (C=O) groups excluding carboxylic acids is 2. The van der Waals surface area contributed by atoms with Crippen LogP contribution in [0.25, 0.3) is 0 Å². The maximum absolute atomic E-state index is 13.6. The first-order valence-corrected chi connectivity index (χ1v) is 16.3. The summed E-state index contributed by atoms with van der Waals surface area (Å²) in [6, 6.07) is 15.2. The summed E-state index contributed by atoms with van der Waals surface area (Å²) >= 11 is 3.15. The van der Waals surface area contributed by atoms with Gasteiger partial charge in [0.25, 0.3) is 0 Å². The van der Waals surface area contributed by atoms with Crippen LogP contribution in [0.2, 0.25) is 0 Å². The maximum atomic E-state index is 13.6. The lowest BCUT2D eigenvalue weighted by Crippen LogP contribution is -2.15. The van der Waals surface area contributed by atoms with Crippen molar-refractivity contribution >= 4 is 46.5 Å². The van der Waals surface area contributed by atoms with E-state index in [1.807, 2.05) is 12.1 Å². The van der Waals surface area contributed by atoms with Crippen molar-refractivity contribution in [3.8, 4) is 0 Å². The van der Waals surface area contributed by atoms with Gasteiger partial charge < -0.3 is 22.9 Å². The molecule has 42 heavy (non-hydrogen) atoms. The summed E-state index contributed by atoms with van der Waals surface area (Å²) in [5, 5.41) is 0. The van der Waals surface area contributed by atoms with Crippen LogP contribution in [-0.4, -0.2) is 36.2 Å². The van der Waals surface area contributed by atoms with Gasteiger partial charge in [0.2, 0.25) is 0 Å². The molecule has 6 nitrogen and oxygen atoms in total. The van der Waals surface area contributed by atoms with Gasteiger partial charge in [-0.1, -0.05) is 71.9 Å². The third-order valence-corrected chi connectivity index (χ3v) is 9.51. The van der Waals surface area contributed by atoms with Crippen LogP contribution in [0.1, 0.15) is 84.5 Å². The minimum absolute atomic E-state index is 0.0668. The predicted molar refractivity (Wildman–Crippen MR) is 181 cm³/mol. The molecule has 0 saturated heterocycles. The van der Waals surface area contributed by atoms with E-state index in [9.17, 15) is 9.59 Å². The van der Waals surface area contributed by atoms with Crippen LogP contribution in [0.15, 0.2) is 58.3 Å². The van der Waals surface area contributed by atoms with Crippen LogP contribution < -0.4 is 22.9 Å². The summed E-state index contributed by atoms with van der Waals surface area (Å²) < 4.78 is 0. The molecule has 0 aliphatic rings. The number of carbonyl (C=O) groups is 2. The first-order chi connectivity index (χ1) is 19.6. The molecule has 3 rings (SSSR count). The van der Waals surface area contributed by atoms with Crippen LogP contribution in [0.3, 0.4) is 0 Å². The van der Waals surface area contributed by atoms with Gasteiger partial charge in [-0.2, -0.15) is 0 Å². The van der Waals surface area contributed by atoms with Crippen molar-refractivity contribution in [3.63, 3.8) is 0 Å². The molecular formula is C34H46N4O2S2. The topological polar surface area (TPSA) is 138 Å². The van der Waals surface area contributed by atoms with Gasteiger partial charge >= 0.3 is 0 Å². The van der Waals surface area contributed by atoms with E-state index in [-0.39, 0.29) is 35.2 Å². The van der Waals surface area contributed by atoms with Gasteiger partial charge in [0.15, 0.2) is 11.6 Å². The van der Waals surface area contributed by atoms with Gasteiger partial charge in [0.05, 0.1) is 0 Å². The van der Waals surface area contributed by atoms with Gasteiger partial charge in [-0.3, -0.25) is 9.59 Å². The summed E-state index contributed by atoms with van der Waals surface area (Å²) in [6.07, 6.45) is 0.366. The van der Waals surface area contributed by atoms with E-state index >= 15 is 0 Å². The highest BCUT2D eigenvalue weighted by Crippen LogP contribution is 2.36. The first kappa shape index (κ1) is 33.7. The Balaban J connectivity index is 1.93. The second-order valence-electron chi connectivity index (χ2n) is 12.7. The Morgan fingerprint density at radius 3 is 1.36 bits per heavy atom. The summed E-state index contributed by atoms with van der Waals surface area (Å²) in [6.45, 7) is 13.8. The average Bonchev–Trinajstić information content (AvgIpc) is 2.91. The summed E-state index contributed by atoms with van der Waals surface area (Å²) in [4.78, 5) is 29.0. The number of rotatable bonds is 12. The Morgan fingerprint density at radius 2 is 1.02 bits per heavy atom. The molecule has 0 saturated carbocycles. The molecule has 3 aromatic rings. The molecule has 0 heterocycles. The van der Waals surface area contributed by atoms with E-state index < -0.39 is 0 Å². The van der Waals surface area contributed by atoms with Gasteiger partial charge in [-0.05, 0) is 51.3 Å². The van der Waals surface area contributed by atoms with E-state index in [0.29, 0.717) is 47.1 Å². The molecule has 3 aromatic carbocycles. The molecular weight excluding hydrogens is 561 g/mol. The Morgan fingerprint density at radius 1 is 0.643 bits per heavy atom. The number of hydrogen-bond acceptors (Lipinski definition) is 8. The van der Waals surface area contributed by atoms with E-state index in [0.717, 1.165) is 32.0 Å². The zero-order chi connectivity index (χ0) is 31.2. The highest BCUT2D eigenvalue weighted by Gasteiger charge is 2.22. The smallest absolute Gasteiger partial charge is 0.167 e. The van der Waals surface area contributed by atoms with Crippen molar-refractivity contribution in [1.29, 1.82) is 0 Å². The number of nitrogens with two attached hydrogens (primary N) is 4. The molecule has 0 spiro atoms. The van der Waals surface area contributed by atoms with Gasteiger partial charge in [-0.25, -0.2) is 0 Å². The minimum atomic E-state index is -0.121. The highest BCUT2D eigenvalue weighted by molar-refractivity contribution is 7.99. The molecule has 0 aromatic heterocycles. The summed E-state index contributed by atoms with van der Waals surface area (Å²) in [7, 11) is 0. The lowest BCUT2D eigenvalue weighted by molar-refractivity contribution is 0.0991. The van der Waals surface area contributed by atoms with Crippen molar-refractivity contribution < 1.29 is 9.59 Å². The van der Waals surface area contributed by atoms with Crippen molar-refractivity contribution in [2.45, 2.75) is 75.0 Å². The SMILES string of the molecule is CC(C)(C)c1cc(N)c(SCCN)c(CC(=O)c2cccc(C(=O)Cc3cc(C(C)(C)C)cc(N)c3SCCN)c2)c1. The number of Topliss-reactive ketones (excluding diaryl/α,β-unsaturated/α-hetero) is 2. The Bertz CT molecular complexity index is 1330. The predicted octanol–water partition coefficient (Wildman–Crippen LogP) is 6.40. The van der Waals surface area contributed by atoms with Crippen LogP contribution in [0.4, 0.5) is 11.4 Å². The van der Waals surface area contributed by atoms with Crippen molar-refractivity contribution in [2.24, 2.45) is 11.5 Å². The Labute approximate surface area is 259 Å².